The molecule has 0 aliphatic carbocycles. The first kappa shape index (κ1) is 35.6. The summed E-state index contributed by atoms with van der Waals surface area (Å²) >= 11 is 1.17. The SMILES string of the molecule is CC/C=C(\C#N)C(=O)Nc1ccc(CCn2c(C#N)cc3c(C)c(CN4CCC(Nc5nccc6sc(CC(F)(F)F)cc56)CC4)ccc32)cc1. The topological polar surface area (TPSA) is 110 Å². The summed E-state index contributed by atoms with van der Waals surface area (Å²) in [6.45, 7) is 7.13. The van der Waals surface area contributed by atoms with Gasteiger partial charge in [-0.05, 0) is 85.7 Å². The van der Waals surface area contributed by atoms with Gasteiger partial charge in [0, 0.05) is 70.0 Å². The first-order valence-corrected chi connectivity index (χ1v) is 17.8. The minimum Gasteiger partial charge on any atom is -0.367 e. The second-order valence-corrected chi connectivity index (χ2v) is 14.1. The number of pyridine rings is 1. The predicted molar refractivity (Wildman–Crippen MR) is 195 cm³/mol. The van der Waals surface area contributed by atoms with Gasteiger partial charge in [-0.2, -0.15) is 23.7 Å². The van der Waals surface area contributed by atoms with Crippen LogP contribution in [-0.4, -0.2) is 45.7 Å². The number of nitrogens with one attached hydrogen (secondary N) is 2. The van der Waals surface area contributed by atoms with E-state index in [4.69, 9.17) is 0 Å². The third kappa shape index (κ3) is 8.42. The number of likely N-dealkylation sites (tertiary alicyclic amines) is 1. The maximum Gasteiger partial charge on any atom is 0.393 e. The van der Waals surface area contributed by atoms with Gasteiger partial charge in [0.1, 0.15) is 29.2 Å². The van der Waals surface area contributed by atoms with Crippen molar-refractivity contribution in [2.75, 3.05) is 23.7 Å². The zero-order chi connectivity index (χ0) is 36.1. The van der Waals surface area contributed by atoms with Crippen LogP contribution in [0, 0.1) is 29.6 Å². The highest BCUT2D eigenvalue weighted by Crippen LogP contribution is 2.34. The maximum absolute atomic E-state index is 13.0. The minimum absolute atomic E-state index is 0.0928. The van der Waals surface area contributed by atoms with E-state index in [1.165, 1.54) is 16.9 Å². The molecule has 0 bridgehead atoms. The maximum atomic E-state index is 13.0. The van der Waals surface area contributed by atoms with Gasteiger partial charge in [-0.15, -0.1) is 11.3 Å². The Morgan fingerprint density at radius 1 is 1.08 bits per heavy atom. The van der Waals surface area contributed by atoms with E-state index in [1.54, 1.807) is 24.4 Å². The van der Waals surface area contributed by atoms with Crippen molar-refractivity contribution in [3.8, 4) is 12.1 Å². The van der Waals surface area contributed by atoms with Gasteiger partial charge in [-0.3, -0.25) is 9.69 Å². The fourth-order valence-electron chi connectivity index (χ4n) is 6.70. The van der Waals surface area contributed by atoms with E-state index >= 15 is 0 Å². The van der Waals surface area contributed by atoms with Crippen molar-refractivity contribution in [2.24, 2.45) is 0 Å². The lowest BCUT2D eigenvalue weighted by atomic mass is 10.0. The number of hydrogen-bond donors (Lipinski definition) is 2. The molecule has 1 aliphatic rings. The summed E-state index contributed by atoms with van der Waals surface area (Å²) in [6.07, 6.45) is 1.15. The molecular formula is C39H38F3N7OS. The van der Waals surface area contributed by atoms with Crippen LogP contribution in [0.5, 0.6) is 0 Å². The summed E-state index contributed by atoms with van der Waals surface area (Å²) in [6, 6.07) is 21.6. The highest BCUT2D eigenvalue weighted by molar-refractivity contribution is 7.19. The fraction of sp³-hybridized carbons (Fsp3) is 0.333. The van der Waals surface area contributed by atoms with Crippen LogP contribution < -0.4 is 10.6 Å². The molecule has 262 valence electrons. The number of anilines is 2. The monoisotopic (exact) mass is 709 g/mol. The standard InChI is InChI=1S/C39H38F3N7OS/c1-3-4-27(22-43)38(50)47-29-8-5-26(6-9-29)12-18-49-31(23-44)19-33-25(2)28(7-10-35(33)49)24-48-16-13-30(14-17-48)46-37-34-20-32(21-39(40,41)42)51-36(34)11-15-45-37/h4-11,15,19-20,30H,3,12-14,16-18,21,24H2,1-2H3,(H,45,46)(H,47,50)/b27-4+. The van der Waals surface area contributed by atoms with Crippen molar-refractivity contribution in [1.82, 2.24) is 14.5 Å². The highest BCUT2D eigenvalue weighted by atomic mass is 32.1. The number of alkyl halides is 3. The van der Waals surface area contributed by atoms with Crippen molar-refractivity contribution in [2.45, 2.75) is 71.3 Å². The van der Waals surface area contributed by atoms with Gasteiger partial charge in [-0.1, -0.05) is 31.2 Å². The van der Waals surface area contributed by atoms with Gasteiger partial charge >= 0.3 is 6.18 Å². The Kier molecular flexibility index (Phi) is 10.8. The number of carbonyl (C=O) groups is 1. The summed E-state index contributed by atoms with van der Waals surface area (Å²) in [7, 11) is 0. The molecule has 1 amide bonds. The Bertz CT molecular complexity index is 2160. The molecule has 5 aromatic rings. The van der Waals surface area contributed by atoms with Crippen molar-refractivity contribution >= 4 is 49.7 Å². The molecule has 51 heavy (non-hydrogen) atoms. The quantitative estimate of drug-likeness (QED) is 0.105. The normalized spacial score (nSPS) is 14.5. The molecular weight excluding hydrogens is 672 g/mol. The van der Waals surface area contributed by atoms with Crippen LogP contribution in [0.1, 0.15) is 53.4 Å². The molecule has 1 fully saturated rings. The van der Waals surface area contributed by atoms with Crippen LogP contribution in [0.4, 0.5) is 24.7 Å². The summed E-state index contributed by atoms with van der Waals surface area (Å²) in [5, 5.41) is 27.3. The number of nitrogens with zero attached hydrogens (tertiary/aromatic N) is 5. The lowest BCUT2D eigenvalue weighted by Crippen LogP contribution is -2.38. The third-order valence-corrected chi connectivity index (χ3v) is 10.5. The fourth-order valence-corrected chi connectivity index (χ4v) is 7.79. The molecule has 0 atom stereocenters. The number of amides is 1. The number of aromatic nitrogens is 2. The summed E-state index contributed by atoms with van der Waals surface area (Å²) in [4.78, 5) is 19.5. The zero-order valence-corrected chi connectivity index (χ0v) is 29.3. The second kappa shape index (κ2) is 15.4. The molecule has 12 heteroatoms. The third-order valence-electron chi connectivity index (χ3n) is 9.38. The van der Waals surface area contributed by atoms with Crippen molar-refractivity contribution < 1.29 is 18.0 Å². The number of benzene rings is 2. The smallest absolute Gasteiger partial charge is 0.367 e. The van der Waals surface area contributed by atoms with Crippen LogP contribution in [0.2, 0.25) is 0 Å². The van der Waals surface area contributed by atoms with E-state index in [0.717, 1.165) is 64.6 Å². The van der Waals surface area contributed by atoms with E-state index < -0.39 is 18.5 Å². The molecule has 1 aliphatic heterocycles. The Hall–Kier alpha value is -5.17. The number of carbonyl (C=O) groups excluding carboxylic acids is 1. The van der Waals surface area contributed by atoms with E-state index in [9.17, 15) is 28.5 Å². The van der Waals surface area contributed by atoms with Crippen molar-refractivity contribution in [1.29, 1.82) is 10.5 Å². The van der Waals surface area contributed by atoms with Gasteiger partial charge in [0.05, 0.1) is 6.42 Å². The van der Waals surface area contributed by atoms with Gasteiger partial charge in [0.15, 0.2) is 0 Å². The number of hydrogen-bond acceptors (Lipinski definition) is 7. The number of allylic oxidation sites excluding steroid dienone is 1. The predicted octanol–water partition coefficient (Wildman–Crippen LogP) is 8.65. The summed E-state index contributed by atoms with van der Waals surface area (Å²) in [5.74, 6) is 0.221. The zero-order valence-electron chi connectivity index (χ0n) is 28.5. The number of rotatable bonds is 11. The van der Waals surface area contributed by atoms with Crippen LogP contribution in [0.15, 0.2) is 72.4 Å². The van der Waals surface area contributed by atoms with Gasteiger partial charge in [-0.25, -0.2) is 4.98 Å². The Morgan fingerprint density at radius 2 is 1.84 bits per heavy atom. The number of halogens is 3. The molecule has 4 heterocycles. The molecule has 2 N–H and O–H groups in total. The van der Waals surface area contributed by atoms with Crippen molar-refractivity contribution in [3.05, 3.63) is 99.7 Å². The number of piperidine rings is 1. The largest absolute Gasteiger partial charge is 0.393 e. The first-order chi connectivity index (χ1) is 24.5. The van der Waals surface area contributed by atoms with Gasteiger partial charge in [0.2, 0.25) is 0 Å². The molecule has 0 radical (unpaired) electrons. The van der Waals surface area contributed by atoms with Crippen LogP contribution in [0.25, 0.3) is 21.0 Å². The first-order valence-electron chi connectivity index (χ1n) is 17.0. The number of fused-ring (bicyclic) bond motifs is 2. The lowest BCUT2D eigenvalue weighted by molar-refractivity contribution is -0.126. The minimum atomic E-state index is -4.24. The Labute approximate surface area is 298 Å². The van der Waals surface area contributed by atoms with Crippen LogP contribution in [0.3, 0.4) is 0 Å². The summed E-state index contributed by atoms with van der Waals surface area (Å²) < 4.78 is 41.8. The molecule has 1 saturated heterocycles. The van der Waals surface area contributed by atoms with Crippen molar-refractivity contribution in [3.63, 3.8) is 0 Å². The van der Waals surface area contributed by atoms with Crippen LogP contribution in [-0.2, 0) is 30.7 Å². The van der Waals surface area contributed by atoms with Gasteiger partial charge in [0.25, 0.3) is 5.91 Å². The van der Waals surface area contributed by atoms with E-state index in [1.807, 2.05) is 43.3 Å². The highest BCUT2D eigenvalue weighted by Gasteiger charge is 2.29. The average molecular weight is 710 g/mol. The van der Waals surface area contributed by atoms with Gasteiger partial charge < -0.3 is 15.2 Å². The lowest BCUT2D eigenvalue weighted by Gasteiger charge is -2.33. The molecule has 0 spiro atoms. The second-order valence-electron chi connectivity index (χ2n) is 12.9. The van der Waals surface area contributed by atoms with E-state index in [0.29, 0.717) is 41.5 Å². The Balaban J connectivity index is 1.06. The molecule has 2 aromatic carbocycles. The molecule has 6 rings (SSSR count). The molecule has 8 nitrogen and oxygen atoms in total. The summed E-state index contributed by atoms with van der Waals surface area (Å²) in [5.41, 5.74) is 5.75. The van der Waals surface area contributed by atoms with E-state index in [2.05, 4.69) is 50.2 Å². The number of thiophene rings is 1. The Morgan fingerprint density at radius 3 is 2.53 bits per heavy atom. The number of nitriles is 2. The number of aryl methyl sites for hydroxylation is 3. The molecule has 3 aromatic heterocycles. The molecule has 0 unspecified atom stereocenters. The van der Waals surface area contributed by atoms with Crippen LogP contribution >= 0.6 is 11.3 Å². The molecule has 0 saturated carbocycles. The average Bonchev–Trinajstić information content (AvgIpc) is 3.69. The van der Waals surface area contributed by atoms with E-state index in [-0.39, 0.29) is 11.6 Å².